The fourth-order valence-electron chi connectivity index (χ4n) is 2.39. The Bertz CT molecular complexity index is 829. The number of amides is 1. The van der Waals surface area contributed by atoms with E-state index in [9.17, 15) is 31.1 Å². The number of alkyl halides is 6. The topological polar surface area (TPSA) is 51.2 Å². The molecule has 0 unspecified atom stereocenters. The van der Waals surface area contributed by atoms with Crippen molar-refractivity contribution in [3.8, 4) is 5.75 Å². The molecule has 2 rings (SSSR count). The molecule has 0 radical (unpaired) electrons. The monoisotopic (exact) mass is 434 g/mol. The first-order valence-electron chi connectivity index (χ1n) is 9.01. The Morgan fingerprint density at radius 2 is 1.63 bits per heavy atom. The average Bonchev–Trinajstić information content (AvgIpc) is 2.65. The number of halogens is 6. The van der Waals surface area contributed by atoms with Crippen molar-refractivity contribution in [1.29, 1.82) is 0 Å². The Morgan fingerprint density at radius 1 is 1.03 bits per heavy atom. The maximum absolute atomic E-state index is 12.9. The highest BCUT2D eigenvalue weighted by atomic mass is 19.4. The Morgan fingerprint density at radius 3 is 2.10 bits per heavy atom. The number of rotatable bonds is 7. The van der Waals surface area contributed by atoms with Crippen LogP contribution >= 0.6 is 0 Å². The third kappa shape index (κ3) is 6.93. The van der Waals surface area contributed by atoms with Crippen molar-refractivity contribution in [1.82, 2.24) is 10.3 Å². The second-order valence-electron chi connectivity index (χ2n) is 7.00. The summed E-state index contributed by atoms with van der Waals surface area (Å²) in [5.41, 5.74) is -2.07. The van der Waals surface area contributed by atoms with E-state index in [4.69, 9.17) is 4.74 Å². The highest BCUT2D eigenvalue weighted by Gasteiger charge is 2.37. The number of nitrogens with zero attached hydrogens (tertiary/aromatic N) is 1. The van der Waals surface area contributed by atoms with Crippen LogP contribution in [-0.4, -0.2) is 24.0 Å². The lowest BCUT2D eigenvalue weighted by molar-refractivity contribution is -0.143. The minimum atomic E-state index is -4.94. The van der Waals surface area contributed by atoms with Gasteiger partial charge in [0.1, 0.15) is 11.4 Å². The van der Waals surface area contributed by atoms with Crippen LogP contribution < -0.4 is 10.1 Å². The summed E-state index contributed by atoms with van der Waals surface area (Å²) in [6.45, 7) is 4.21. The van der Waals surface area contributed by atoms with Crippen molar-refractivity contribution in [3.05, 3.63) is 58.9 Å². The molecule has 1 N–H and O–H groups in total. The average molecular weight is 434 g/mol. The second-order valence-corrected chi connectivity index (χ2v) is 7.00. The Labute approximate surface area is 169 Å². The van der Waals surface area contributed by atoms with E-state index in [1.807, 2.05) is 13.8 Å². The summed E-state index contributed by atoms with van der Waals surface area (Å²) < 4.78 is 82.3. The standard InChI is InChI=1S/C20H20F6N2O2/c1-12(2)10-28-18(29)17-4-3-13(11-27-17)5-6-30-16-8-14(19(21,22)23)7-15(9-16)20(24,25)26/h3-4,7-9,11-12H,5-6,10H2,1-2H3,(H,28,29). The van der Waals surface area contributed by atoms with E-state index < -0.39 is 29.2 Å². The van der Waals surface area contributed by atoms with Gasteiger partial charge in [0.25, 0.3) is 5.91 Å². The molecule has 1 aromatic heterocycles. The molecule has 2 aromatic rings. The van der Waals surface area contributed by atoms with Crippen LogP contribution in [-0.2, 0) is 18.8 Å². The molecule has 0 bridgehead atoms. The number of aromatic nitrogens is 1. The quantitative estimate of drug-likeness (QED) is 0.615. The Hall–Kier alpha value is -2.78. The second kappa shape index (κ2) is 9.36. The van der Waals surface area contributed by atoms with E-state index in [1.54, 1.807) is 6.07 Å². The van der Waals surface area contributed by atoms with Gasteiger partial charge in [-0.15, -0.1) is 0 Å². The maximum atomic E-state index is 12.9. The van der Waals surface area contributed by atoms with Crippen LogP contribution in [0.15, 0.2) is 36.5 Å². The summed E-state index contributed by atoms with van der Waals surface area (Å²) in [6, 6.07) is 4.16. The van der Waals surface area contributed by atoms with Gasteiger partial charge in [-0.3, -0.25) is 9.78 Å². The molecule has 0 fully saturated rings. The van der Waals surface area contributed by atoms with E-state index in [2.05, 4.69) is 10.3 Å². The smallest absolute Gasteiger partial charge is 0.416 e. The molecule has 0 atom stereocenters. The van der Waals surface area contributed by atoms with Gasteiger partial charge in [0.15, 0.2) is 0 Å². The van der Waals surface area contributed by atoms with Crippen LogP contribution in [0.25, 0.3) is 0 Å². The summed E-state index contributed by atoms with van der Waals surface area (Å²) in [5.74, 6) is -0.593. The van der Waals surface area contributed by atoms with Crippen molar-refractivity contribution in [3.63, 3.8) is 0 Å². The fourth-order valence-corrected chi connectivity index (χ4v) is 2.39. The van der Waals surface area contributed by atoms with E-state index in [0.717, 1.165) is 0 Å². The first kappa shape index (κ1) is 23.5. The molecule has 0 saturated carbocycles. The molecular formula is C20H20F6N2O2. The lowest BCUT2D eigenvalue weighted by atomic mass is 10.1. The number of carbonyl (C=O) groups is 1. The third-order valence-corrected chi connectivity index (χ3v) is 3.95. The molecule has 30 heavy (non-hydrogen) atoms. The number of nitrogens with one attached hydrogen (secondary N) is 1. The molecule has 0 spiro atoms. The highest BCUT2D eigenvalue weighted by molar-refractivity contribution is 5.92. The van der Waals surface area contributed by atoms with Gasteiger partial charge in [0.05, 0.1) is 17.7 Å². The summed E-state index contributed by atoms with van der Waals surface area (Å²) in [6.07, 6.45) is -8.29. The lowest BCUT2D eigenvalue weighted by Gasteiger charge is -2.15. The SMILES string of the molecule is CC(C)CNC(=O)c1ccc(CCOc2cc(C(F)(F)F)cc(C(F)(F)F)c2)cn1. The van der Waals surface area contributed by atoms with Gasteiger partial charge in [0, 0.05) is 19.2 Å². The lowest BCUT2D eigenvalue weighted by Crippen LogP contribution is -2.28. The van der Waals surface area contributed by atoms with Gasteiger partial charge in [-0.25, -0.2) is 0 Å². The molecule has 4 nitrogen and oxygen atoms in total. The van der Waals surface area contributed by atoms with Gasteiger partial charge >= 0.3 is 12.4 Å². The third-order valence-electron chi connectivity index (χ3n) is 3.95. The Balaban J connectivity index is 2.02. The highest BCUT2D eigenvalue weighted by Crippen LogP contribution is 2.38. The van der Waals surface area contributed by atoms with Gasteiger partial charge in [0.2, 0.25) is 0 Å². The van der Waals surface area contributed by atoms with E-state index in [-0.39, 0.29) is 36.6 Å². The van der Waals surface area contributed by atoms with Crippen LogP contribution in [0.5, 0.6) is 5.75 Å². The molecule has 0 aliphatic heterocycles. The zero-order chi connectivity index (χ0) is 22.5. The maximum Gasteiger partial charge on any atom is 0.416 e. The predicted molar refractivity (Wildman–Crippen MR) is 97.1 cm³/mol. The predicted octanol–water partition coefficient (Wildman–Crippen LogP) is 5.13. The molecular weight excluding hydrogens is 414 g/mol. The fraction of sp³-hybridized carbons (Fsp3) is 0.400. The number of ether oxygens (including phenoxy) is 1. The van der Waals surface area contributed by atoms with Crippen LogP contribution in [0.3, 0.4) is 0 Å². The van der Waals surface area contributed by atoms with Crippen molar-refractivity contribution in [2.75, 3.05) is 13.2 Å². The van der Waals surface area contributed by atoms with Crippen molar-refractivity contribution >= 4 is 5.91 Å². The largest absolute Gasteiger partial charge is 0.493 e. The van der Waals surface area contributed by atoms with Crippen LogP contribution in [0.2, 0.25) is 0 Å². The van der Waals surface area contributed by atoms with Crippen molar-refractivity contribution in [2.24, 2.45) is 5.92 Å². The summed E-state index contributed by atoms with van der Waals surface area (Å²) >= 11 is 0. The molecule has 164 valence electrons. The molecule has 1 amide bonds. The van der Waals surface area contributed by atoms with Gasteiger partial charge in [-0.1, -0.05) is 19.9 Å². The van der Waals surface area contributed by atoms with Crippen LogP contribution in [0.4, 0.5) is 26.3 Å². The molecule has 0 saturated heterocycles. The number of hydrogen-bond donors (Lipinski definition) is 1. The normalized spacial score (nSPS) is 12.2. The zero-order valence-electron chi connectivity index (χ0n) is 16.2. The van der Waals surface area contributed by atoms with Crippen molar-refractivity contribution < 1.29 is 35.9 Å². The van der Waals surface area contributed by atoms with Crippen molar-refractivity contribution in [2.45, 2.75) is 32.6 Å². The minimum Gasteiger partial charge on any atom is -0.493 e. The summed E-state index contributed by atoms with van der Waals surface area (Å²) in [7, 11) is 0. The van der Waals surface area contributed by atoms with E-state index >= 15 is 0 Å². The molecule has 0 aliphatic rings. The van der Waals surface area contributed by atoms with Gasteiger partial charge in [-0.05, 0) is 35.7 Å². The molecule has 10 heteroatoms. The van der Waals surface area contributed by atoms with E-state index in [0.29, 0.717) is 24.2 Å². The molecule has 1 aromatic carbocycles. The minimum absolute atomic E-state index is 0.0415. The number of carbonyl (C=O) groups excluding carboxylic acids is 1. The van der Waals surface area contributed by atoms with Gasteiger partial charge in [-0.2, -0.15) is 26.3 Å². The molecule has 1 heterocycles. The first-order chi connectivity index (χ1) is 13.9. The summed E-state index contributed by atoms with van der Waals surface area (Å²) in [4.78, 5) is 15.9. The van der Waals surface area contributed by atoms with Gasteiger partial charge < -0.3 is 10.1 Å². The number of benzene rings is 1. The first-order valence-corrected chi connectivity index (χ1v) is 9.01. The number of hydrogen-bond acceptors (Lipinski definition) is 3. The zero-order valence-corrected chi connectivity index (χ0v) is 16.2. The van der Waals surface area contributed by atoms with Crippen LogP contribution in [0.1, 0.15) is 41.0 Å². The molecule has 0 aliphatic carbocycles. The Kier molecular flexibility index (Phi) is 7.33. The van der Waals surface area contributed by atoms with Crippen LogP contribution in [0, 0.1) is 5.92 Å². The summed E-state index contributed by atoms with van der Waals surface area (Å²) in [5, 5.41) is 2.71. The van der Waals surface area contributed by atoms with E-state index in [1.165, 1.54) is 12.3 Å². The number of pyridine rings is 1.